The van der Waals surface area contributed by atoms with Gasteiger partial charge in [0.15, 0.2) is 0 Å². The van der Waals surface area contributed by atoms with E-state index in [2.05, 4.69) is 5.32 Å². The van der Waals surface area contributed by atoms with Crippen molar-refractivity contribution in [2.24, 2.45) is 5.92 Å². The molecule has 1 aliphatic rings. The summed E-state index contributed by atoms with van der Waals surface area (Å²) in [5.74, 6) is 0.430. The molecule has 1 atom stereocenters. The molecule has 0 spiro atoms. The summed E-state index contributed by atoms with van der Waals surface area (Å²) in [7, 11) is 1.78. The van der Waals surface area contributed by atoms with Crippen molar-refractivity contribution in [1.82, 2.24) is 5.32 Å². The van der Waals surface area contributed by atoms with Crippen molar-refractivity contribution in [3.05, 3.63) is 24.3 Å². The summed E-state index contributed by atoms with van der Waals surface area (Å²) in [6, 6.07) is 6.70. The van der Waals surface area contributed by atoms with Gasteiger partial charge in [0, 0.05) is 19.3 Å². The molecular weight excluding hydrogens is 216 g/mol. The molecule has 1 aromatic carbocycles. The van der Waals surface area contributed by atoms with E-state index in [9.17, 15) is 9.90 Å². The van der Waals surface area contributed by atoms with Crippen LogP contribution in [0.4, 0.5) is 5.69 Å². The first-order valence-corrected chi connectivity index (χ1v) is 5.96. The number of nitrogens with one attached hydrogen (secondary N) is 1. The van der Waals surface area contributed by atoms with Gasteiger partial charge in [-0.1, -0.05) is 0 Å². The highest BCUT2D eigenvalue weighted by molar-refractivity contribution is 5.94. The highest BCUT2D eigenvalue weighted by Crippen LogP contribution is 2.21. The average Bonchev–Trinajstić information content (AvgIpc) is 2.39. The van der Waals surface area contributed by atoms with Gasteiger partial charge in [0.05, 0.1) is 5.92 Å². The predicted molar refractivity (Wildman–Crippen MR) is 67.1 cm³/mol. The fraction of sp³-hybridized carbons (Fsp3) is 0.462. The van der Waals surface area contributed by atoms with E-state index >= 15 is 0 Å². The van der Waals surface area contributed by atoms with Gasteiger partial charge in [0.1, 0.15) is 5.75 Å². The molecule has 1 unspecified atom stereocenters. The van der Waals surface area contributed by atoms with Gasteiger partial charge >= 0.3 is 0 Å². The summed E-state index contributed by atoms with van der Waals surface area (Å²) in [5.41, 5.74) is 0.818. The number of nitrogens with zero attached hydrogens (tertiary/aromatic N) is 1. The van der Waals surface area contributed by atoms with Crippen molar-refractivity contribution < 1.29 is 9.90 Å². The molecular formula is C13H18N2O2. The Morgan fingerprint density at radius 3 is 2.71 bits per heavy atom. The molecule has 1 aliphatic heterocycles. The van der Waals surface area contributed by atoms with E-state index in [1.165, 1.54) is 0 Å². The smallest absolute Gasteiger partial charge is 0.231 e. The average molecular weight is 234 g/mol. The van der Waals surface area contributed by atoms with Crippen molar-refractivity contribution in [1.29, 1.82) is 0 Å². The Labute approximate surface area is 101 Å². The lowest BCUT2D eigenvalue weighted by Gasteiger charge is -2.27. The molecule has 0 aromatic heterocycles. The summed E-state index contributed by atoms with van der Waals surface area (Å²) >= 11 is 0. The molecule has 17 heavy (non-hydrogen) atoms. The van der Waals surface area contributed by atoms with Crippen LogP contribution in [-0.2, 0) is 4.79 Å². The molecule has 0 aliphatic carbocycles. The van der Waals surface area contributed by atoms with Crippen LogP contribution in [0.25, 0.3) is 0 Å². The zero-order chi connectivity index (χ0) is 12.3. The van der Waals surface area contributed by atoms with Gasteiger partial charge in [0.25, 0.3) is 0 Å². The number of aromatic hydroxyl groups is 1. The Kier molecular flexibility index (Phi) is 3.64. The Morgan fingerprint density at radius 1 is 1.41 bits per heavy atom. The number of phenols is 1. The lowest BCUT2D eigenvalue weighted by molar-refractivity contribution is -0.122. The first-order chi connectivity index (χ1) is 8.18. The molecule has 0 bridgehead atoms. The number of phenolic OH excluding ortho intramolecular Hbond substituents is 1. The van der Waals surface area contributed by atoms with Crippen LogP contribution >= 0.6 is 0 Å². The minimum absolute atomic E-state index is 0.0718. The van der Waals surface area contributed by atoms with Crippen LogP contribution in [0.2, 0.25) is 0 Å². The summed E-state index contributed by atoms with van der Waals surface area (Å²) in [5, 5.41) is 12.5. The fourth-order valence-electron chi connectivity index (χ4n) is 2.14. The topological polar surface area (TPSA) is 52.6 Å². The lowest BCUT2D eigenvalue weighted by atomic mass is 9.98. The SMILES string of the molecule is CN(C(=O)C1CCCNC1)c1ccc(O)cc1. The van der Waals surface area contributed by atoms with Gasteiger partial charge in [-0.05, 0) is 43.7 Å². The largest absolute Gasteiger partial charge is 0.508 e. The van der Waals surface area contributed by atoms with Crippen LogP contribution < -0.4 is 10.2 Å². The number of piperidine rings is 1. The van der Waals surface area contributed by atoms with Gasteiger partial charge in [-0.2, -0.15) is 0 Å². The molecule has 2 N–H and O–H groups in total. The molecule has 2 rings (SSSR count). The van der Waals surface area contributed by atoms with Crippen molar-refractivity contribution in [2.75, 3.05) is 25.0 Å². The highest BCUT2D eigenvalue weighted by Gasteiger charge is 2.24. The number of benzene rings is 1. The number of hydrogen-bond donors (Lipinski definition) is 2. The molecule has 4 nitrogen and oxygen atoms in total. The molecule has 4 heteroatoms. The number of anilines is 1. The first-order valence-electron chi connectivity index (χ1n) is 5.96. The van der Waals surface area contributed by atoms with Gasteiger partial charge in [-0.3, -0.25) is 4.79 Å². The monoisotopic (exact) mass is 234 g/mol. The van der Waals surface area contributed by atoms with E-state index in [4.69, 9.17) is 0 Å². The Bertz CT molecular complexity index is 383. The molecule has 1 saturated heterocycles. The quantitative estimate of drug-likeness (QED) is 0.812. The Hall–Kier alpha value is -1.55. The molecule has 1 amide bonds. The van der Waals surface area contributed by atoms with Crippen LogP contribution in [-0.4, -0.2) is 31.2 Å². The van der Waals surface area contributed by atoms with E-state index in [1.54, 1.807) is 36.2 Å². The molecule has 1 aromatic rings. The van der Waals surface area contributed by atoms with Crippen molar-refractivity contribution >= 4 is 11.6 Å². The highest BCUT2D eigenvalue weighted by atomic mass is 16.3. The normalized spacial score (nSPS) is 19.9. The van der Waals surface area contributed by atoms with E-state index in [-0.39, 0.29) is 17.6 Å². The summed E-state index contributed by atoms with van der Waals surface area (Å²) < 4.78 is 0. The third-order valence-corrected chi connectivity index (χ3v) is 3.21. The first kappa shape index (κ1) is 11.9. The van der Waals surface area contributed by atoms with E-state index < -0.39 is 0 Å². The lowest BCUT2D eigenvalue weighted by Crippen LogP contribution is -2.41. The zero-order valence-electron chi connectivity index (χ0n) is 10.0. The van der Waals surface area contributed by atoms with Crippen LogP contribution in [0.1, 0.15) is 12.8 Å². The van der Waals surface area contributed by atoms with Crippen molar-refractivity contribution in [3.63, 3.8) is 0 Å². The van der Waals surface area contributed by atoms with E-state index in [0.29, 0.717) is 0 Å². The second-order valence-electron chi connectivity index (χ2n) is 4.46. The predicted octanol–water partition coefficient (Wildman–Crippen LogP) is 1.35. The minimum atomic E-state index is 0.0718. The maximum absolute atomic E-state index is 12.2. The van der Waals surface area contributed by atoms with Crippen LogP contribution in [0.3, 0.4) is 0 Å². The molecule has 0 saturated carbocycles. The molecule has 1 fully saturated rings. The van der Waals surface area contributed by atoms with Crippen molar-refractivity contribution in [2.45, 2.75) is 12.8 Å². The second kappa shape index (κ2) is 5.19. The van der Waals surface area contributed by atoms with Crippen LogP contribution in [0, 0.1) is 5.92 Å². The fourth-order valence-corrected chi connectivity index (χ4v) is 2.14. The third-order valence-electron chi connectivity index (χ3n) is 3.21. The Morgan fingerprint density at radius 2 is 2.12 bits per heavy atom. The second-order valence-corrected chi connectivity index (χ2v) is 4.46. The van der Waals surface area contributed by atoms with Crippen molar-refractivity contribution in [3.8, 4) is 5.75 Å². The Balaban J connectivity index is 2.05. The van der Waals surface area contributed by atoms with Gasteiger partial charge < -0.3 is 15.3 Å². The minimum Gasteiger partial charge on any atom is -0.508 e. The summed E-state index contributed by atoms with van der Waals surface area (Å²) in [6.45, 7) is 1.77. The van der Waals surface area contributed by atoms with E-state index in [0.717, 1.165) is 31.6 Å². The van der Waals surface area contributed by atoms with Gasteiger partial charge in [-0.25, -0.2) is 0 Å². The van der Waals surface area contributed by atoms with E-state index in [1.807, 2.05) is 0 Å². The molecule has 0 radical (unpaired) electrons. The summed E-state index contributed by atoms with van der Waals surface area (Å²) in [4.78, 5) is 13.9. The third kappa shape index (κ3) is 2.77. The van der Waals surface area contributed by atoms with Gasteiger partial charge in [-0.15, -0.1) is 0 Å². The maximum atomic E-state index is 12.2. The number of carbonyl (C=O) groups is 1. The molecule has 1 heterocycles. The number of hydrogen-bond acceptors (Lipinski definition) is 3. The molecule has 92 valence electrons. The standard InChI is InChI=1S/C13H18N2O2/c1-15(11-4-6-12(16)7-5-11)13(17)10-3-2-8-14-9-10/h4-7,10,14,16H,2-3,8-9H2,1H3. The maximum Gasteiger partial charge on any atom is 0.231 e. The number of rotatable bonds is 2. The van der Waals surface area contributed by atoms with Crippen LogP contribution in [0.5, 0.6) is 5.75 Å². The van der Waals surface area contributed by atoms with Gasteiger partial charge in [0.2, 0.25) is 5.91 Å². The number of carbonyl (C=O) groups excluding carboxylic acids is 1. The zero-order valence-corrected chi connectivity index (χ0v) is 10.0. The number of amides is 1. The summed E-state index contributed by atoms with van der Waals surface area (Å²) in [6.07, 6.45) is 2.01. The van der Waals surface area contributed by atoms with Crippen LogP contribution in [0.15, 0.2) is 24.3 Å².